The minimum absolute atomic E-state index is 0.0247. The Kier molecular flexibility index (Phi) is 5.94. The lowest BCUT2D eigenvalue weighted by molar-refractivity contribution is -0.120. The van der Waals surface area contributed by atoms with Crippen LogP contribution in [0.25, 0.3) is 0 Å². The molecule has 0 bridgehead atoms. The first-order valence-corrected chi connectivity index (χ1v) is 10.6. The summed E-state index contributed by atoms with van der Waals surface area (Å²) in [5.74, 6) is -1.57. The van der Waals surface area contributed by atoms with Gasteiger partial charge in [0.2, 0.25) is 5.91 Å². The fraction of sp³-hybridized carbons (Fsp3) is 0.130. The van der Waals surface area contributed by atoms with Gasteiger partial charge in [0.1, 0.15) is 0 Å². The lowest BCUT2D eigenvalue weighted by Gasteiger charge is -2.14. The van der Waals surface area contributed by atoms with Gasteiger partial charge in [-0.2, -0.15) is 0 Å². The van der Waals surface area contributed by atoms with Gasteiger partial charge in [0.05, 0.1) is 10.8 Å². The van der Waals surface area contributed by atoms with Gasteiger partial charge in [0.25, 0.3) is 10.0 Å². The molecule has 1 unspecified atom stereocenters. The van der Waals surface area contributed by atoms with E-state index in [1.807, 2.05) is 13.0 Å². The number of amides is 1. The number of aryl methyl sites for hydroxylation is 1. The van der Waals surface area contributed by atoms with Crippen molar-refractivity contribution in [3.8, 4) is 0 Å². The first-order valence-electron chi connectivity index (χ1n) is 9.11. The molecule has 3 aromatic rings. The third-order valence-electron chi connectivity index (χ3n) is 4.64. The molecule has 0 aliphatic rings. The summed E-state index contributed by atoms with van der Waals surface area (Å²) >= 11 is 0. The smallest absolute Gasteiger partial charge is 0.264 e. The summed E-state index contributed by atoms with van der Waals surface area (Å²) in [5, 5.41) is 0. The molecule has 0 fully saturated rings. The standard InChI is InChI=1S/C23H21NO4S/c1-16-11-13-21(14-12-16)29(27,28)24-23(26)17(2)19-9-6-10-20(15-19)22(25)18-7-4-3-5-8-18/h3-15,17H,1-2H3,(H,24,26). The van der Waals surface area contributed by atoms with Gasteiger partial charge in [-0.1, -0.05) is 66.2 Å². The summed E-state index contributed by atoms with van der Waals surface area (Å²) in [6, 6.07) is 21.8. The highest BCUT2D eigenvalue weighted by atomic mass is 32.2. The quantitative estimate of drug-likeness (QED) is 0.630. The molecule has 0 radical (unpaired) electrons. The van der Waals surface area contributed by atoms with Crippen LogP contribution in [0.4, 0.5) is 0 Å². The van der Waals surface area contributed by atoms with Crippen molar-refractivity contribution in [1.29, 1.82) is 0 Å². The van der Waals surface area contributed by atoms with Crippen LogP contribution in [0.1, 0.15) is 39.9 Å². The van der Waals surface area contributed by atoms with Crippen LogP contribution in [-0.2, 0) is 14.8 Å². The van der Waals surface area contributed by atoms with Crippen LogP contribution < -0.4 is 4.72 Å². The molecule has 29 heavy (non-hydrogen) atoms. The summed E-state index contributed by atoms with van der Waals surface area (Å²) in [5.41, 5.74) is 2.46. The zero-order valence-electron chi connectivity index (χ0n) is 16.1. The monoisotopic (exact) mass is 407 g/mol. The highest BCUT2D eigenvalue weighted by Crippen LogP contribution is 2.20. The molecule has 1 N–H and O–H groups in total. The third kappa shape index (κ3) is 4.78. The summed E-state index contributed by atoms with van der Waals surface area (Å²) in [6.07, 6.45) is 0. The van der Waals surface area contributed by atoms with E-state index < -0.39 is 21.8 Å². The van der Waals surface area contributed by atoms with Gasteiger partial charge >= 0.3 is 0 Å². The number of benzene rings is 3. The van der Waals surface area contributed by atoms with Gasteiger partial charge in [-0.15, -0.1) is 0 Å². The zero-order chi connectivity index (χ0) is 21.0. The van der Waals surface area contributed by atoms with E-state index in [4.69, 9.17) is 0 Å². The molecule has 0 aliphatic carbocycles. The first kappa shape index (κ1) is 20.5. The van der Waals surface area contributed by atoms with Crippen LogP contribution >= 0.6 is 0 Å². The minimum Gasteiger partial charge on any atom is -0.289 e. The second-order valence-electron chi connectivity index (χ2n) is 6.83. The van der Waals surface area contributed by atoms with Crippen molar-refractivity contribution >= 4 is 21.7 Å². The number of sulfonamides is 1. The number of carbonyl (C=O) groups excluding carboxylic acids is 2. The van der Waals surface area contributed by atoms with Gasteiger partial charge in [-0.3, -0.25) is 9.59 Å². The minimum atomic E-state index is -3.97. The lowest BCUT2D eigenvalue weighted by atomic mass is 9.95. The molecular formula is C23H21NO4S. The predicted octanol–water partition coefficient (Wildman–Crippen LogP) is 3.83. The van der Waals surface area contributed by atoms with Crippen molar-refractivity contribution in [2.45, 2.75) is 24.7 Å². The van der Waals surface area contributed by atoms with E-state index in [1.54, 1.807) is 67.6 Å². The van der Waals surface area contributed by atoms with Crippen molar-refractivity contribution in [1.82, 2.24) is 4.72 Å². The van der Waals surface area contributed by atoms with Crippen molar-refractivity contribution in [3.63, 3.8) is 0 Å². The Bertz CT molecular complexity index is 1140. The molecular weight excluding hydrogens is 386 g/mol. The fourth-order valence-electron chi connectivity index (χ4n) is 2.85. The van der Waals surface area contributed by atoms with E-state index in [0.29, 0.717) is 16.7 Å². The third-order valence-corrected chi connectivity index (χ3v) is 6.01. The van der Waals surface area contributed by atoms with Gasteiger partial charge in [-0.05, 0) is 37.6 Å². The van der Waals surface area contributed by atoms with Crippen LogP contribution in [0.5, 0.6) is 0 Å². The Hall–Kier alpha value is -3.25. The van der Waals surface area contributed by atoms with Gasteiger partial charge in [0, 0.05) is 11.1 Å². The largest absolute Gasteiger partial charge is 0.289 e. The second-order valence-corrected chi connectivity index (χ2v) is 8.51. The normalized spacial score (nSPS) is 12.2. The van der Waals surface area contributed by atoms with Gasteiger partial charge in [-0.25, -0.2) is 13.1 Å². The van der Waals surface area contributed by atoms with Gasteiger partial charge < -0.3 is 0 Å². The SMILES string of the molecule is Cc1ccc(S(=O)(=O)NC(=O)C(C)c2cccc(C(=O)c3ccccc3)c2)cc1. The van der Waals surface area contributed by atoms with Crippen molar-refractivity contribution in [2.24, 2.45) is 0 Å². The summed E-state index contributed by atoms with van der Waals surface area (Å²) in [7, 11) is -3.97. The fourth-order valence-corrected chi connectivity index (χ4v) is 3.91. The van der Waals surface area contributed by atoms with Crippen LogP contribution in [0, 0.1) is 6.92 Å². The molecule has 3 aromatic carbocycles. The summed E-state index contributed by atoms with van der Waals surface area (Å²) in [4.78, 5) is 25.2. The average Bonchev–Trinajstić information content (AvgIpc) is 2.73. The molecule has 0 saturated heterocycles. The molecule has 148 valence electrons. The van der Waals surface area contributed by atoms with E-state index in [1.165, 1.54) is 12.1 Å². The molecule has 0 aliphatic heterocycles. The Labute approximate surface area is 170 Å². The maximum Gasteiger partial charge on any atom is 0.264 e. The molecule has 0 aromatic heterocycles. The molecule has 0 spiro atoms. The Morgan fingerprint density at radius 2 is 1.45 bits per heavy atom. The molecule has 0 heterocycles. The summed E-state index contributed by atoms with van der Waals surface area (Å²) in [6.45, 7) is 3.45. The van der Waals surface area contributed by atoms with Crippen molar-refractivity contribution < 1.29 is 18.0 Å². The van der Waals surface area contributed by atoms with E-state index in [9.17, 15) is 18.0 Å². The number of ketones is 1. The lowest BCUT2D eigenvalue weighted by Crippen LogP contribution is -2.33. The Morgan fingerprint density at radius 3 is 2.10 bits per heavy atom. The van der Waals surface area contributed by atoms with Crippen LogP contribution in [-0.4, -0.2) is 20.1 Å². The van der Waals surface area contributed by atoms with E-state index in [-0.39, 0.29) is 10.7 Å². The van der Waals surface area contributed by atoms with Crippen LogP contribution in [0.2, 0.25) is 0 Å². The Morgan fingerprint density at radius 1 is 0.828 bits per heavy atom. The number of hydrogen-bond donors (Lipinski definition) is 1. The maximum atomic E-state index is 12.6. The number of hydrogen-bond acceptors (Lipinski definition) is 4. The predicted molar refractivity (Wildman–Crippen MR) is 111 cm³/mol. The van der Waals surface area contributed by atoms with E-state index in [0.717, 1.165) is 5.56 Å². The van der Waals surface area contributed by atoms with Gasteiger partial charge in [0.15, 0.2) is 5.78 Å². The van der Waals surface area contributed by atoms with Crippen molar-refractivity contribution in [2.75, 3.05) is 0 Å². The summed E-state index contributed by atoms with van der Waals surface area (Å²) < 4.78 is 27.0. The highest BCUT2D eigenvalue weighted by Gasteiger charge is 2.23. The topological polar surface area (TPSA) is 80.3 Å². The zero-order valence-corrected chi connectivity index (χ0v) is 16.9. The van der Waals surface area contributed by atoms with Crippen LogP contribution in [0.3, 0.4) is 0 Å². The maximum absolute atomic E-state index is 12.6. The number of rotatable bonds is 6. The number of carbonyl (C=O) groups is 2. The highest BCUT2D eigenvalue weighted by molar-refractivity contribution is 7.90. The molecule has 6 heteroatoms. The molecule has 1 amide bonds. The van der Waals surface area contributed by atoms with E-state index in [2.05, 4.69) is 4.72 Å². The average molecular weight is 407 g/mol. The first-order chi connectivity index (χ1) is 13.8. The molecule has 1 atom stereocenters. The molecule has 3 rings (SSSR count). The molecule has 5 nitrogen and oxygen atoms in total. The van der Waals surface area contributed by atoms with E-state index >= 15 is 0 Å². The van der Waals surface area contributed by atoms with Crippen LogP contribution in [0.15, 0.2) is 83.8 Å². The van der Waals surface area contributed by atoms with Crippen molar-refractivity contribution in [3.05, 3.63) is 101 Å². The second kappa shape index (κ2) is 8.41. The molecule has 0 saturated carbocycles. The Balaban J connectivity index is 1.79. The number of nitrogens with one attached hydrogen (secondary N) is 1.